The van der Waals surface area contributed by atoms with Gasteiger partial charge in [-0.15, -0.1) is 0 Å². The Hall–Kier alpha value is -2.91. The van der Waals surface area contributed by atoms with Crippen molar-refractivity contribution < 1.29 is 27.9 Å². The van der Waals surface area contributed by atoms with Gasteiger partial charge in [-0.3, -0.25) is 4.79 Å². The van der Waals surface area contributed by atoms with Crippen molar-refractivity contribution >= 4 is 27.7 Å². The minimum atomic E-state index is -4.24. The van der Waals surface area contributed by atoms with Gasteiger partial charge in [-0.25, -0.2) is 22.4 Å². The maximum Gasteiger partial charge on any atom is 0.418 e. The van der Waals surface area contributed by atoms with E-state index >= 15 is 0 Å². The second-order valence-corrected chi connectivity index (χ2v) is 11.0. The van der Waals surface area contributed by atoms with Gasteiger partial charge >= 0.3 is 6.09 Å². The molecule has 0 radical (unpaired) electrons. The predicted octanol–water partition coefficient (Wildman–Crippen LogP) is 3.28. The first-order chi connectivity index (χ1) is 14.9. The van der Waals surface area contributed by atoms with Crippen molar-refractivity contribution in [3.63, 3.8) is 0 Å². The molecule has 0 saturated carbocycles. The van der Waals surface area contributed by atoms with Gasteiger partial charge in [0.1, 0.15) is 11.2 Å². The zero-order valence-corrected chi connectivity index (χ0v) is 19.2. The van der Waals surface area contributed by atoms with Gasteiger partial charge in [0.2, 0.25) is 5.91 Å². The van der Waals surface area contributed by atoms with Crippen LogP contribution in [0.5, 0.6) is 0 Å². The van der Waals surface area contributed by atoms with Crippen molar-refractivity contribution in [1.82, 2.24) is 4.90 Å². The molecule has 2 aliphatic heterocycles. The van der Waals surface area contributed by atoms with Crippen LogP contribution in [0.2, 0.25) is 0 Å². The van der Waals surface area contributed by atoms with E-state index in [0.29, 0.717) is 5.56 Å². The molecule has 0 bridgehead atoms. The molecule has 8 nitrogen and oxygen atoms in total. The second kappa shape index (κ2) is 7.31. The van der Waals surface area contributed by atoms with Crippen LogP contribution in [0.25, 0.3) is 0 Å². The van der Waals surface area contributed by atoms with Gasteiger partial charge < -0.3 is 9.84 Å². The molecule has 2 aromatic carbocycles. The van der Waals surface area contributed by atoms with E-state index in [1.54, 1.807) is 57.2 Å². The first-order valence-corrected chi connectivity index (χ1v) is 11.8. The molecule has 0 unspecified atom stereocenters. The average Bonchev–Trinajstić information content (AvgIpc) is 2.97. The number of likely N-dealkylation sites (tertiary alicyclic amines) is 1. The van der Waals surface area contributed by atoms with E-state index in [4.69, 9.17) is 4.74 Å². The number of carbonyl (C=O) groups is 2. The Labute approximate surface area is 187 Å². The van der Waals surface area contributed by atoms with Crippen LogP contribution >= 0.6 is 0 Å². The summed E-state index contributed by atoms with van der Waals surface area (Å²) in [5, 5.41) is 11.7. The lowest BCUT2D eigenvalue weighted by Gasteiger charge is -2.44. The number of carbonyl (C=O) groups excluding carboxylic acids is 2. The SMILES string of the molecule is Cc1ccc(S(=O)(=O)N2c3ccccc3[C@]3(O)CCC(=O)N(C(=O)OC(C)(C)C)[C@H]23)cc1. The normalized spacial score (nSPS) is 23.0. The summed E-state index contributed by atoms with van der Waals surface area (Å²) in [7, 11) is -4.24. The largest absolute Gasteiger partial charge is 0.443 e. The van der Waals surface area contributed by atoms with Gasteiger partial charge in [-0.1, -0.05) is 35.9 Å². The Kier molecular flexibility index (Phi) is 5.09. The molecule has 2 amide bonds. The van der Waals surface area contributed by atoms with Crippen molar-refractivity contribution in [3.8, 4) is 0 Å². The summed E-state index contributed by atoms with van der Waals surface area (Å²) in [6.45, 7) is 6.78. The van der Waals surface area contributed by atoms with Gasteiger partial charge in [0, 0.05) is 12.0 Å². The summed E-state index contributed by atoms with van der Waals surface area (Å²) in [6, 6.07) is 12.8. The number of ether oxygens (including phenoxy) is 1. The monoisotopic (exact) mass is 458 g/mol. The number of aliphatic hydroxyl groups is 1. The van der Waals surface area contributed by atoms with Crippen molar-refractivity contribution in [3.05, 3.63) is 59.7 Å². The van der Waals surface area contributed by atoms with E-state index in [1.807, 2.05) is 6.92 Å². The number of anilines is 1. The lowest BCUT2D eigenvalue weighted by atomic mass is 9.85. The Morgan fingerprint density at radius 1 is 1.12 bits per heavy atom. The molecule has 9 heteroatoms. The van der Waals surface area contributed by atoms with E-state index in [9.17, 15) is 23.1 Å². The minimum Gasteiger partial charge on any atom is -0.443 e. The highest BCUT2D eigenvalue weighted by Crippen LogP contribution is 2.52. The number of aryl methyl sites for hydroxylation is 1. The van der Waals surface area contributed by atoms with Crippen molar-refractivity contribution in [1.29, 1.82) is 0 Å². The van der Waals surface area contributed by atoms with E-state index in [2.05, 4.69) is 0 Å². The summed E-state index contributed by atoms with van der Waals surface area (Å²) in [4.78, 5) is 26.7. The smallest absolute Gasteiger partial charge is 0.418 e. The fourth-order valence-electron chi connectivity index (χ4n) is 4.23. The number of sulfonamides is 1. The number of imide groups is 1. The molecule has 0 spiro atoms. The maximum atomic E-state index is 13.8. The molecule has 0 aliphatic carbocycles. The minimum absolute atomic E-state index is 0.00989. The molecule has 2 aliphatic rings. The number of hydrogen-bond donors (Lipinski definition) is 1. The summed E-state index contributed by atoms with van der Waals surface area (Å²) in [6.07, 6.45) is -2.64. The third-order valence-corrected chi connectivity index (χ3v) is 7.44. The third kappa shape index (κ3) is 3.45. The highest BCUT2D eigenvalue weighted by Gasteiger charge is 2.61. The third-order valence-electron chi connectivity index (χ3n) is 5.66. The van der Waals surface area contributed by atoms with Crippen molar-refractivity contribution in [2.45, 2.75) is 62.8 Å². The topological polar surface area (TPSA) is 104 Å². The Bertz CT molecular complexity index is 1190. The molecule has 2 heterocycles. The molecule has 1 N–H and O–H groups in total. The van der Waals surface area contributed by atoms with Gasteiger partial charge in [0.15, 0.2) is 6.17 Å². The number of piperidine rings is 1. The quantitative estimate of drug-likeness (QED) is 0.741. The Morgan fingerprint density at radius 3 is 2.38 bits per heavy atom. The predicted molar refractivity (Wildman–Crippen MR) is 117 cm³/mol. The molecule has 1 fully saturated rings. The lowest BCUT2D eigenvalue weighted by molar-refractivity contribution is -0.148. The van der Waals surface area contributed by atoms with Crippen LogP contribution in [-0.4, -0.2) is 42.2 Å². The molecule has 2 aromatic rings. The number of benzene rings is 2. The van der Waals surface area contributed by atoms with E-state index < -0.39 is 39.4 Å². The van der Waals surface area contributed by atoms with Crippen LogP contribution in [0.15, 0.2) is 53.4 Å². The zero-order chi connectivity index (χ0) is 23.5. The number of fused-ring (bicyclic) bond motifs is 3. The zero-order valence-electron chi connectivity index (χ0n) is 18.4. The van der Waals surface area contributed by atoms with Crippen molar-refractivity contribution in [2.24, 2.45) is 0 Å². The number of rotatable bonds is 2. The number of amides is 2. The van der Waals surface area contributed by atoms with Gasteiger partial charge in [-0.05, 0) is 52.3 Å². The van der Waals surface area contributed by atoms with E-state index in [-0.39, 0.29) is 23.4 Å². The molecular weight excluding hydrogens is 432 g/mol. The molecule has 32 heavy (non-hydrogen) atoms. The Balaban J connectivity index is 1.92. The van der Waals surface area contributed by atoms with Crippen molar-refractivity contribution in [2.75, 3.05) is 4.31 Å². The molecule has 1 saturated heterocycles. The Morgan fingerprint density at radius 2 is 1.75 bits per heavy atom. The fraction of sp³-hybridized carbons (Fsp3) is 0.391. The molecule has 170 valence electrons. The van der Waals surface area contributed by atoms with Crippen LogP contribution in [0.1, 0.15) is 44.7 Å². The first kappa shape index (κ1) is 22.3. The lowest BCUT2D eigenvalue weighted by Crippen LogP contribution is -2.64. The summed E-state index contributed by atoms with van der Waals surface area (Å²) < 4.78 is 34.0. The summed E-state index contributed by atoms with van der Waals surface area (Å²) in [5.74, 6) is -0.606. The maximum absolute atomic E-state index is 13.8. The average molecular weight is 459 g/mol. The van der Waals surface area contributed by atoms with Gasteiger partial charge in [-0.2, -0.15) is 0 Å². The summed E-state index contributed by atoms with van der Waals surface area (Å²) in [5.41, 5.74) is -1.23. The van der Waals surface area contributed by atoms with Crippen LogP contribution in [0, 0.1) is 6.92 Å². The highest BCUT2D eigenvalue weighted by atomic mass is 32.2. The van der Waals surface area contributed by atoms with E-state index in [1.165, 1.54) is 12.1 Å². The fourth-order valence-corrected chi connectivity index (χ4v) is 5.89. The highest BCUT2D eigenvalue weighted by molar-refractivity contribution is 7.92. The molecule has 2 atom stereocenters. The van der Waals surface area contributed by atoms with Crippen LogP contribution in [0.4, 0.5) is 10.5 Å². The number of nitrogens with zero attached hydrogens (tertiary/aromatic N) is 2. The van der Waals surface area contributed by atoms with Crippen LogP contribution in [-0.2, 0) is 25.2 Å². The molecule has 4 rings (SSSR count). The second-order valence-electron chi connectivity index (χ2n) is 9.17. The first-order valence-electron chi connectivity index (χ1n) is 10.3. The van der Waals surface area contributed by atoms with Gasteiger partial charge in [0.25, 0.3) is 10.0 Å². The number of para-hydroxylation sites is 1. The molecule has 0 aromatic heterocycles. The number of hydrogen-bond acceptors (Lipinski definition) is 6. The van der Waals surface area contributed by atoms with Gasteiger partial charge in [0.05, 0.1) is 10.6 Å². The molecular formula is C23H26N2O6S. The van der Waals surface area contributed by atoms with Crippen LogP contribution < -0.4 is 4.31 Å². The summed E-state index contributed by atoms with van der Waals surface area (Å²) >= 11 is 0. The van der Waals surface area contributed by atoms with E-state index in [0.717, 1.165) is 14.8 Å². The van der Waals surface area contributed by atoms with Crippen LogP contribution in [0.3, 0.4) is 0 Å². The standard InChI is InChI=1S/C23H26N2O6S/c1-15-9-11-16(12-10-15)32(29,30)25-18-8-6-5-7-17(18)23(28)14-13-19(26)24(20(23)25)21(27)31-22(2,3)4/h5-12,20,28H,13-14H2,1-4H3/t20-,23-/m1/s1.